The Labute approximate surface area is 150 Å². The van der Waals surface area contributed by atoms with Crippen LogP contribution in [0.4, 0.5) is 5.69 Å². The Hall–Kier alpha value is -2.73. The topological polar surface area (TPSA) is 69.2 Å². The summed E-state index contributed by atoms with van der Waals surface area (Å²) in [6, 6.07) is 12.4. The van der Waals surface area contributed by atoms with Crippen molar-refractivity contribution in [3.63, 3.8) is 0 Å². The van der Waals surface area contributed by atoms with E-state index in [1.807, 2.05) is 12.1 Å². The standard InChI is InChI=1S/C18H17ClN2O4/c1-23-15-8-7-13(9-16(15)24-2)20-18(22)17-10-14(21-25-17)11-3-5-12(19)6-4-11/h3-9,17H,10H2,1-2H3,(H,20,22)/t17-/m1/s1. The van der Waals surface area contributed by atoms with E-state index in [1.54, 1.807) is 37.4 Å². The Bertz CT molecular complexity index is 805. The van der Waals surface area contributed by atoms with Crippen LogP contribution < -0.4 is 14.8 Å². The summed E-state index contributed by atoms with van der Waals surface area (Å²) in [4.78, 5) is 17.7. The van der Waals surface area contributed by atoms with Crippen molar-refractivity contribution in [2.45, 2.75) is 12.5 Å². The monoisotopic (exact) mass is 360 g/mol. The fourth-order valence-corrected chi connectivity index (χ4v) is 2.59. The molecule has 3 rings (SSSR count). The van der Waals surface area contributed by atoms with Crippen LogP contribution in [0, 0.1) is 0 Å². The lowest BCUT2D eigenvalue weighted by atomic mass is 10.0. The van der Waals surface area contributed by atoms with Crippen LogP contribution in [0.15, 0.2) is 47.6 Å². The first-order valence-electron chi connectivity index (χ1n) is 7.62. The lowest BCUT2D eigenvalue weighted by Gasteiger charge is -2.12. The summed E-state index contributed by atoms with van der Waals surface area (Å²) in [5, 5.41) is 7.45. The molecule has 130 valence electrons. The number of nitrogens with one attached hydrogen (secondary N) is 1. The Morgan fingerprint density at radius 3 is 2.56 bits per heavy atom. The molecule has 1 N–H and O–H groups in total. The van der Waals surface area contributed by atoms with Crippen LogP contribution >= 0.6 is 11.6 Å². The second-order valence-corrected chi connectivity index (χ2v) is 5.84. The summed E-state index contributed by atoms with van der Waals surface area (Å²) in [6.45, 7) is 0. The molecule has 1 atom stereocenters. The molecular formula is C18H17ClN2O4. The number of benzene rings is 2. The molecule has 0 fully saturated rings. The zero-order valence-electron chi connectivity index (χ0n) is 13.8. The Balaban J connectivity index is 1.64. The second kappa shape index (κ2) is 7.44. The number of methoxy groups -OCH3 is 2. The highest BCUT2D eigenvalue weighted by molar-refractivity contribution is 6.30. The van der Waals surface area contributed by atoms with Gasteiger partial charge in [0.2, 0.25) is 6.10 Å². The molecule has 1 aliphatic heterocycles. The maximum absolute atomic E-state index is 12.4. The van der Waals surface area contributed by atoms with Crippen LogP contribution in [0.2, 0.25) is 5.02 Å². The van der Waals surface area contributed by atoms with Crippen LogP contribution in [0.5, 0.6) is 11.5 Å². The minimum Gasteiger partial charge on any atom is -0.493 e. The molecule has 1 aliphatic rings. The SMILES string of the molecule is COc1ccc(NC(=O)[C@H]2CC(c3ccc(Cl)cc3)=NO2)cc1OC. The first-order valence-corrected chi connectivity index (χ1v) is 8.00. The Morgan fingerprint density at radius 2 is 1.88 bits per heavy atom. The van der Waals surface area contributed by atoms with Crippen molar-refractivity contribution >= 4 is 28.9 Å². The van der Waals surface area contributed by atoms with Crippen molar-refractivity contribution in [3.8, 4) is 11.5 Å². The van der Waals surface area contributed by atoms with E-state index in [0.717, 1.165) is 5.56 Å². The van der Waals surface area contributed by atoms with Gasteiger partial charge in [0.05, 0.1) is 19.9 Å². The highest BCUT2D eigenvalue weighted by Crippen LogP contribution is 2.30. The molecule has 2 aromatic carbocycles. The van der Waals surface area contributed by atoms with Crippen molar-refractivity contribution in [3.05, 3.63) is 53.1 Å². The predicted octanol–water partition coefficient (Wildman–Crippen LogP) is 3.49. The van der Waals surface area contributed by atoms with E-state index in [1.165, 1.54) is 7.11 Å². The van der Waals surface area contributed by atoms with E-state index in [4.69, 9.17) is 25.9 Å². The third-order valence-electron chi connectivity index (χ3n) is 3.79. The van der Waals surface area contributed by atoms with Crippen molar-refractivity contribution < 1.29 is 19.1 Å². The van der Waals surface area contributed by atoms with Crippen LogP contribution in [0.25, 0.3) is 0 Å². The third kappa shape index (κ3) is 3.85. The molecule has 1 amide bonds. The molecule has 25 heavy (non-hydrogen) atoms. The summed E-state index contributed by atoms with van der Waals surface area (Å²) in [6.07, 6.45) is -0.292. The Morgan fingerprint density at radius 1 is 1.16 bits per heavy atom. The van der Waals surface area contributed by atoms with Crippen molar-refractivity contribution in [2.75, 3.05) is 19.5 Å². The zero-order valence-corrected chi connectivity index (χ0v) is 14.5. The highest BCUT2D eigenvalue weighted by Gasteiger charge is 2.29. The molecule has 0 saturated heterocycles. The molecule has 0 spiro atoms. The van der Waals surface area contributed by atoms with Gasteiger partial charge in [-0.15, -0.1) is 0 Å². The van der Waals surface area contributed by atoms with Crippen LogP contribution in [0.1, 0.15) is 12.0 Å². The number of hydrogen-bond acceptors (Lipinski definition) is 5. The number of carbonyl (C=O) groups is 1. The van der Waals surface area contributed by atoms with Gasteiger partial charge in [0.15, 0.2) is 11.5 Å². The lowest BCUT2D eigenvalue weighted by Crippen LogP contribution is -2.28. The van der Waals surface area contributed by atoms with Gasteiger partial charge >= 0.3 is 0 Å². The number of amides is 1. The molecule has 1 heterocycles. The van der Waals surface area contributed by atoms with Crippen LogP contribution in [-0.4, -0.2) is 31.9 Å². The van der Waals surface area contributed by atoms with E-state index >= 15 is 0 Å². The Kier molecular flexibility index (Phi) is 5.09. The zero-order chi connectivity index (χ0) is 17.8. The van der Waals surface area contributed by atoms with Gasteiger partial charge in [-0.25, -0.2) is 0 Å². The van der Waals surface area contributed by atoms with Gasteiger partial charge in [0.25, 0.3) is 5.91 Å². The first-order chi connectivity index (χ1) is 12.1. The van der Waals surface area contributed by atoms with Gasteiger partial charge < -0.3 is 19.6 Å². The molecule has 0 bridgehead atoms. The quantitative estimate of drug-likeness (QED) is 0.886. The number of oxime groups is 1. The van der Waals surface area contributed by atoms with E-state index in [9.17, 15) is 4.79 Å². The molecule has 6 nitrogen and oxygen atoms in total. The minimum absolute atomic E-state index is 0.278. The van der Waals surface area contributed by atoms with Gasteiger partial charge in [-0.2, -0.15) is 0 Å². The number of rotatable bonds is 5. The molecular weight excluding hydrogens is 344 g/mol. The summed E-state index contributed by atoms with van der Waals surface area (Å²) in [7, 11) is 3.09. The van der Waals surface area contributed by atoms with E-state index < -0.39 is 6.10 Å². The molecule has 0 aliphatic carbocycles. The van der Waals surface area contributed by atoms with Crippen LogP contribution in [0.3, 0.4) is 0 Å². The van der Waals surface area contributed by atoms with Gasteiger partial charge in [-0.3, -0.25) is 4.79 Å². The van der Waals surface area contributed by atoms with Crippen molar-refractivity contribution in [2.24, 2.45) is 5.16 Å². The molecule has 0 saturated carbocycles. The number of nitrogens with zero attached hydrogens (tertiary/aromatic N) is 1. The molecule has 2 aromatic rings. The van der Waals surface area contributed by atoms with Gasteiger partial charge in [0, 0.05) is 23.2 Å². The summed E-state index contributed by atoms with van der Waals surface area (Å²) in [5.74, 6) is 0.844. The highest BCUT2D eigenvalue weighted by atomic mass is 35.5. The lowest BCUT2D eigenvalue weighted by molar-refractivity contribution is -0.125. The van der Waals surface area contributed by atoms with Crippen molar-refractivity contribution in [1.82, 2.24) is 0 Å². The molecule has 0 aromatic heterocycles. The first kappa shape index (κ1) is 17.1. The molecule has 7 heteroatoms. The van der Waals surface area contributed by atoms with Gasteiger partial charge in [-0.05, 0) is 29.8 Å². The maximum Gasteiger partial charge on any atom is 0.268 e. The summed E-state index contributed by atoms with van der Waals surface area (Å²) in [5.41, 5.74) is 2.18. The van der Waals surface area contributed by atoms with Crippen molar-refractivity contribution in [1.29, 1.82) is 0 Å². The maximum atomic E-state index is 12.4. The van der Waals surface area contributed by atoms with Gasteiger partial charge in [-0.1, -0.05) is 28.9 Å². The smallest absolute Gasteiger partial charge is 0.268 e. The van der Waals surface area contributed by atoms with Gasteiger partial charge in [0.1, 0.15) is 0 Å². The summed E-state index contributed by atoms with van der Waals surface area (Å²) < 4.78 is 10.4. The number of anilines is 1. The number of ether oxygens (including phenoxy) is 2. The second-order valence-electron chi connectivity index (χ2n) is 5.40. The van der Waals surface area contributed by atoms with E-state index in [-0.39, 0.29) is 5.91 Å². The average molecular weight is 361 g/mol. The fourth-order valence-electron chi connectivity index (χ4n) is 2.47. The summed E-state index contributed by atoms with van der Waals surface area (Å²) >= 11 is 5.88. The minimum atomic E-state index is -0.682. The molecule has 0 unspecified atom stereocenters. The largest absolute Gasteiger partial charge is 0.493 e. The number of hydrogen-bond donors (Lipinski definition) is 1. The number of halogens is 1. The molecule has 0 radical (unpaired) electrons. The number of carbonyl (C=O) groups excluding carboxylic acids is 1. The van der Waals surface area contributed by atoms with Crippen LogP contribution in [-0.2, 0) is 9.63 Å². The van der Waals surface area contributed by atoms with E-state index in [2.05, 4.69) is 10.5 Å². The predicted molar refractivity (Wildman–Crippen MR) is 95.7 cm³/mol. The van der Waals surface area contributed by atoms with E-state index in [0.29, 0.717) is 34.3 Å². The fraction of sp³-hybridized carbons (Fsp3) is 0.222. The average Bonchev–Trinajstić information content (AvgIpc) is 3.12. The normalized spacial score (nSPS) is 16.0. The third-order valence-corrected chi connectivity index (χ3v) is 4.04.